The van der Waals surface area contributed by atoms with Crippen LogP contribution in [0.25, 0.3) is 16.7 Å². The summed E-state index contributed by atoms with van der Waals surface area (Å²) in [5, 5.41) is 9.34. The molecule has 9 nitrogen and oxygen atoms in total. The highest BCUT2D eigenvalue weighted by Crippen LogP contribution is 2.21. The zero-order valence-corrected chi connectivity index (χ0v) is 22.8. The second-order valence-electron chi connectivity index (χ2n) is 10.2. The Bertz CT molecular complexity index is 1430. The highest BCUT2D eigenvalue weighted by atomic mass is 16.5. The van der Waals surface area contributed by atoms with Gasteiger partial charge in [0.15, 0.2) is 0 Å². The molecule has 9 heteroatoms. The number of ether oxygens (including phenoxy) is 1. The first-order valence-corrected chi connectivity index (χ1v) is 13.9. The third-order valence-corrected chi connectivity index (χ3v) is 7.50. The van der Waals surface area contributed by atoms with Crippen LogP contribution in [0.3, 0.4) is 0 Å². The standard InChI is InChI=1S/C29H39N5O4/c1-4-6-7-8-9-10-15-33-24(30)22(27(35)32-17-13-21(14-18-32)29(37)38-5-2)19-23-26(33)31-25-20(3)12-11-16-34(25)28(23)36/h11-12,16,19,21,30H,4-10,13-15,17-18H2,1-3H3. The second kappa shape index (κ2) is 12.4. The quantitative estimate of drug-likeness (QED) is 0.244. The number of fused-ring (bicyclic) bond motifs is 2. The van der Waals surface area contributed by atoms with Gasteiger partial charge in [-0.3, -0.25) is 24.2 Å². The number of likely N-dealkylation sites (tertiary alicyclic amines) is 1. The number of nitrogens with zero attached hydrogens (tertiary/aromatic N) is 4. The minimum absolute atomic E-state index is 0.0772. The normalized spacial score (nSPS) is 14.3. The zero-order valence-electron chi connectivity index (χ0n) is 22.8. The summed E-state index contributed by atoms with van der Waals surface area (Å²) in [6.07, 6.45) is 9.27. The van der Waals surface area contributed by atoms with Gasteiger partial charge in [0.05, 0.1) is 23.5 Å². The van der Waals surface area contributed by atoms with Gasteiger partial charge in [-0.25, -0.2) is 4.98 Å². The van der Waals surface area contributed by atoms with Crippen LogP contribution >= 0.6 is 0 Å². The van der Waals surface area contributed by atoms with E-state index in [0.717, 1.165) is 24.8 Å². The lowest BCUT2D eigenvalue weighted by Gasteiger charge is -2.31. The Morgan fingerprint density at radius 1 is 1.08 bits per heavy atom. The summed E-state index contributed by atoms with van der Waals surface area (Å²) in [6, 6.07) is 5.25. The van der Waals surface area contributed by atoms with Gasteiger partial charge < -0.3 is 14.2 Å². The molecule has 4 heterocycles. The molecule has 3 aromatic heterocycles. The lowest BCUT2D eigenvalue weighted by atomic mass is 9.96. The monoisotopic (exact) mass is 521 g/mol. The van der Waals surface area contributed by atoms with E-state index in [1.54, 1.807) is 34.7 Å². The highest BCUT2D eigenvalue weighted by molar-refractivity contribution is 5.97. The van der Waals surface area contributed by atoms with E-state index in [9.17, 15) is 14.4 Å². The van der Waals surface area contributed by atoms with Gasteiger partial charge in [-0.1, -0.05) is 45.1 Å². The third-order valence-electron chi connectivity index (χ3n) is 7.50. The van der Waals surface area contributed by atoms with Crippen LogP contribution < -0.4 is 11.0 Å². The van der Waals surface area contributed by atoms with E-state index in [2.05, 4.69) is 6.92 Å². The van der Waals surface area contributed by atoms with Crippen molar-refractivity contribution in [2.24, 2.45) is 5.92 Å². The van der Waals surface area contributed by atoms with E-state index < -0.39 is 0 Å². The molecule has 0 spiro atoms. The van der Waals surface area contributed by atoms with Crippen molar-refractivity contribution < 1.29 is 14.3 Å². The molecule has 0 aromatic carbocycles. The topological polar surface area (TPSA) is 110 Å². The fourth-order valence-electron chi connectivity index (χ4n) is 5.28. The lowest BCUT2D eigenvalue weighted by Crippen LogP contribution is -2.43. The molecule has 0 unspecified atom stereocenters. The maximum absolute atomic E-state index is 13.6. The molecule has 204 valence electrons. The molecule has 1 aliphatic rings. The fourth-order valence-corrected chi connectivity index (χ4v) is 5.28. The van der Waals surface area contributed by atoms with Crippen molar-refractivity contribution in [3.63, 3.8) is 0 Å². The van der Waals surface area contributed by atoms with E-state index in [1.807, 2.05) is 13.0 Å². The van der Waals surface area contributed by atoms with Gasteiger partial charge in [0.25, 0.3) is 11.5 Å². The number of carbonyl (C=O) groups is 2. The first-order valence-electron chi connectivity index (χ1n) is 13.9. The third kappa shape index (κ3) is 5.66. The lowest BCUT2D eigenvalue weighted by molar-refractivity contribution is -0.149. The van der Waals surface area contributed by atoms with Gasteiger partial charge in [-0.2, -0.15) is 0 Å². The fraction of sp³-hybridized carbons (Fsp3) is 0.552. The Kier molecular flexibility index (Phi) is 8.97. The van der Waals surface area contributed by atoms with Gasteiger partial charge in [0.1, 0.15) is 16.8 Å². The van der Waals surface area contributed by atoms with Crippen LogP contribution in [0.2, 0.25) is 0 Å². The van der Waals surface area contributed by atoms with Crippen molar-refractivity contribution in [1.82, 2.24) is 18.9 Å². The molecule has 0 atom stereocenters. The first-order chi connectivity index (χ1) is 18.4. The second-order valence-corrected chi connectivity index (χ2v) is 10.2. The van der Waals surface area contributed by atoms with Crippen molar-refractivity contribution in [3.8, 4) is 0 Å². The smallest absolute Gasteiger partial charge is 0.309 e. The number of nitrogens with one attached hydrogen (secondary N) is 1. The first kappa shape index (κ1) is 27.5. The molecule has 1 N–H and O–H groups in total. The summed E-state index contributed by atoms with van der Waals surface area (Å²) in [5.41, 5.74) is 1.90. The van der Waals surface area contributed by atoms with E-state index in [4.69, 9.17) is 15.1 Å². The summed E-state index contributed by atoms with van der Waals surface area (Å²) in [6.45, 7) is 7.55. The number of amides is 1. The number of rotatable bonds is 10. The van der Waals surface area contributed by atoms with Crippen LogP contribution in [-0.2, 0) is 16.1 Å². The van der Waals surface area contributed by atoms with Crippen LogP contribution in [0.1, 0.15) is 81.1 Å². The summed E-state index contributed by atoms with van der Waals surface area (Å²) < 4.78 is 8.40. The molecule has 0 radical (unpaired) electrons. The van der Waals surface area contributed by atoms with Gasteiger partial charge in [-0.05, 0) is 50.8 Å². The largest absolute Gasteiger partial charge is 0.466 e. The van der Waals surface area contributed by atoms with Gasteiger partial charge >= 0.3 is 5.97 Å². The molecule has 0 saturated carbocycles. The number of pyridine rings is 2. The molecule has 0 bridgehead atoms. The highest BCUT2D eigenvalue weighted by Gasteiger charge is 2.30. The van der Waals surface area contributed by atoms with E-state index in [1.165, 1.54) is 23.7 Å². The Hall–Kier alpha value is -3.49. The summed E-state index contributed by atoms with van der Waals surface area (Å²) in [7, 11) is 0. The molecular weight excluding hydrogens is 482 g/mol. The Morgan fingerprint density at radius 3 is 2.50 bits per heavy atom. The van der Waals surface area contributed by atoms with Crippen LogP contribution in [0.15, 0.2) is 29.2 Å². The van der Waals surface area contributed by atoms with Crippen molar-refractivity contribution in [2.45, 2.75) is 78.7 Å². The molecule has 1 fully saturated rings. The molecule has 1 aliphatic heterocycles. The molecule has 0 aliphatic carbocycles. The molecule has 1 amide bonds. The molecular formula is C29H39N5O4. The maximum atomic E-state index is 13.6. The number of aryl methyl sites for hydroxylation is 2. The Labute approximate surface area is 222 Å². The molecule has 1 saturated heterocycles. The summed E-state index contributed by atoms with van der Waals surface area (Å²) in [4.78, 5) is 45.8. The van der Waals surface area contributed by atoms with Gasteiger partial charge in [0, 0.05) is 25.8 Å². The van der Waals surface area contributed by atoms with Crippen LogP contribution in [0.5, 0.6) is 0 Å². The van der Waals surface area contributed by atoms with Crippen molar-refractivity contribution in [3.05, 3.63) is 51.4 Å². The van der Waals surface area contributed by atoms with Crippen LogP contribution in [-0.4, -0.2) is 50.4 Å². The van der Waals surface area contributed by atoms with Gasteiger partial charge in [0.2, 0.25) is 0 Å². The predicted molar refractivity (Wildman–Crippen MR) is 146 cm³/mol. The number of carbonyl (C=O) groups excluding carboxylic acids is 2. The number of hydrogen-bond acceptors (Lipinski definition) is 6. The number of hydrogen-bond donors (Lipinski definition) is 1. The number of aromatic nitrogens is 3. The van der Waals surface area contributed by atoms with Crippen molar-refractivity contribution in [1.29, 1.82) is 5.41 Å². The number of esters is 1. The average molecular weight is 522 g/mol. The van der Waals surface area contributed by atoms with Crippen molar-refractivity contribution in [2.75, 3.05) is 19.7 Å². The maximum Gasteiger partial charge on any atom is 0.309 e. The van der Waals surface area contributed by atoms with E-state index in [0.29, 0.717) is 55.8 Å². The predicted octanol–water partition coefficient (Wildman–Crippen LogP) is 4.21. The van der Waals surface area contributed by atoms with E-state index in [-0.39, 0.29) is 34.4 Å². The molecule has 3 aromatic rings. The minimum Gasteiger partial charge on any atom is -0.466 e. The number of unbranched alkanes of at least 4 members (excludes halogenated alkanes) is 5. The van der Waals surface area contributed by atoms with Crippen LogP contribution in [0, 0.1) is 18.3 Å². The van der Waals surface area contributed by atoms with Crippen molar-refractivity contribution >= 4 is 28.6 Å². The SMILES string of the molecule is CCCCCCCCn1c(=N)c(C(=O)N2CCC(C(=O)OCC)CC2)cc2c(=O)n3cccc(C)c3nc21. The Morgan fingerprint density at radius 2 is 1.79 bits per heavy atom. The number of piperidine rings is 1. The minimum atomic E-state index is -0.287. The summed E-state index contributed by atoms with van der Waals surface area (Å²) in [5.74, 6) is -0.721. The Balaban J connectivity index is 1.70. The average Bonchev–Trinajstić information content (AvgIpc) is 2.92. The summed E-state index contributed by atoms with van der Waals surface area (Å²) >= 11 is 0. The molecule has 4 rings (SSSR count). The van der Waals surface area contributed by atoms with E-state index >= 15 is 0 Å². The van der Waals surface area contributed by atoms with Gasteiger partial charge in [-0.15, -0.1) is 0 Å². The molecule has 38 heavy (non-hydrogen) atoms. The zero-order chi connectivity index (χ0) is 27.2. The van der Waals surface area contributed by atoms with Crippen LogP contribution in [0.4, 0.5) is 0 Å².